The predicted octanol–water partition coefficient (Wildman–Crippen LogP) is 4.44. The average Bonchev–Trinajstić information content (AvgIpc) is 2.33. The summed E-state index contributed by atoms with van der Waals surface area (Å²) in [4.78, 5) is 0.715. The van der Waals surface area contributed by atoms with Crippen LogP contribution in [-0.2, 0) is 0 Å². The summed E-state index contributed by atoms with van der Waals surface area (Å²) in [6.07, 6.45) is 0. The summed E-state index contributed by atoms with van der Waals surface area (Å²) in [7, 11) is 0. The first-order valence-electron chi connectivity index (χ1n) is 5.29. The molecule has 0 atom stereocenters. The molecule has 0 aliphatic carbocycles. The maximum Gasteiger partial charge on any atom is 0.110 e. The molecule has 2 aromatic rings. The normalized spacial score (nSPS) is 10.0. The van der Waals surface area contributed by atoms with Crippen molar-refractivity contribution in [3.63, 3.8) is 0 Å². The molecule has 17 heavy (non-hydrogen) atoms. The summed E-state index contributed by atoms with van der Waals surface area (Å²) >= 11 is 11.2. The maximum absolute atomic E-state index is 5.82. The Labute approximate surface area is 111 Å². The zero-order chi connectivity index (χ0) is 12.3. The quantitative estimate of drug-likeness (QED) is 0.803. The number of benzene rings is 2. The maximum atomic E-state index is 5.82. The first-order chi connectivity index (χ1) is 8.15. The minimum atomic E-state index is 0.715. The Morgan fingerprint density at radius 3 is 2.18 bits per heavy atom. The number of aryl methyl sites for hydroxylation is 1. The van der Waals surface area contributed by atoms with E-state index in [9.17, 15) is 0 Å². The highest BCUT2D eigenvalue weighted by Crippen LogP contribution is 2.15. The Kier molecular flexibility index (Phi) is 3.77. The number of rotatable bonds is 2. The molecule has 3 heteroatoms. The number of halogens is 1. The molecular formula is C14H12ClNS. The molecule has 2 rings (SSSR count). The van der Waals surface area contributed by atoms with E-state index >= 15 is 0 Å². The fourth-order valence-electron chi connectivity index (χ4n) is 1.44. The van der Waals surface area contributed by atoms with Crippen molar-refractivity contribution in [1.29, 1.82) is 0 Å². The molecule has 0 heterocycles. The van der Waals surface area contributed by atoms with E-state index in [2.05, 4.69) is 12.2 Å². The van der Waals surface area contributed by atoms with Gasteiger partial charge in [-0.25, -0.2) is 0 Å². The first-order valence-corrected chi connectivity index (χ1v) is 6.07. The first kappa shape index (κ1) is 12.1. The van der Waals surface area contributed by atoms with Gasteiger partial charge in [-0.05, 0) is 31.2 Å². The van der Waals surface area contributed by atoms with Crippen LogP contribution in [0.4, 0.5) is 5.69 Å². The van der Waals surface area contributed by atoms with Crippen LogP contribution in [0.5, 0.6) is 0 Å². The van der Waals surface area contributed by atoms with Crippen LogP contribution in [0.25, 0.3) is 0 Å². The van der Waals surface area contributed by atoms with Crippen LogP contribution < -0.4 is 5.32 Å². The monoisotopic (exact) mass is 261 g/mol. The molecule has 0 aliphatic heterocycles. The molecule has 0 radical (unpaired) electrons. The third-order valence-electron chi connectivity index (χ3n) is 2.42. The van der Waals surface area contributed by atoms with Gasteiger partial charge in [-0.1, -0.05) is 53.6 Å². The van der Waals surface area contributed by atoms with Crippen LogP contribution in [0, 0.1) is 6.92 Å². The van der Waals surface area contributed by atoms with Crippen LogP contribution in [-0.4, -0.2) is 4.99 Å². The molecule has 0 saturated heterocycles. The Morgan fingerprint density at radius 1 is 1.00 bits per heavy atom. The van der Waals surface area contributed by atoms with Crippen LogP contribution in [0.2, 0.25) is 5.02 Å². The van der Waals surface area contributed by atoms with Crippen LogP contribution in [0.3, 0.4) is 0 Å². The molecule has 1 N–H and O–H groups in total. The average molecular weight is 262 g/mol. The molecular weight excluding hydrogens is 250 g/mol. The summed E-state index contributed by atoms with van der Waals surface area (Å²) in [5.74, 6) is 0. The van der Waals surface area contributed by atoms with Gasteiger partial charge in [0.1, 0.15) is 4.99 Å². The van der Waals surface area contributed by atoms with Gasteiger partial charge in [0.2, 0.25) is 0 Å². The Morgan fingerprint density at radius 2 is 1.59 bits per heavy atom. The summed E-state index contributed by atoms with van der Waals surface area (Å²) in [6, 6.07) is 15.6. The number of thiocarbonyl (C=S) groups is 1. The minimum absolute atomic E-state index is 0.715. The molecule has 0 aliphatic rings. The minimum Gasteiger partial charge on any atom is -0.346 e. The second kappa shape index (κ2) is 5.30. The number of hydrogen-bond acceptors (Lipinski definition) is 1. The molecule has 86 valence electrons. The SMILES string of the molecule is Cc1ccc(C(=S)Nc2ccc(Cl)cc2)cc1. The Bertz CT molecular complexity index is 517. The van der Waals surface area contributed by atoms with Gasteiger partial charge < -0.3 is 5.32 Å². The van der Waals surface area contributed by atoms with E-state index in [1.807, 2.05) is 48.5 Å². The van der Waals surface area contributed by atoms with Gasteiger partial charge in [-0.2, -0.15) is 0 Å². The van der Waals surface area contributed by atoms with Gasteiger partial charge in [0.25, 0.3) is 0 Å². The zero-order valence-corrected chi connectivity index (χ0v) is 11.0. The van der Waals surface area contributed by atoms with E-state index in [1.165, 1.54) is 5.56 Å². The molecule has 0 aromatic heterocycles. The van der Waals surface area contributed by atoms with Gasteiger partial charge >= 0.3 is 0 Å². The third kappa shape index (κ3) is 3.29. The summed E-state index contributed by atoms with van der Waals surface area (Å²) in [5.41, 5.74) is 3.18. The molecule has 1 nitrogen and oxygen atoms in total. The van der Waals surface area contributed by atoms with Crippen molar-refractivity contribution >= 4 is 34.5 Å². The number of anilines is 1. The zero-order valence-electron chi connectivity index (χ0n) is 9.41. The van der Waals surface area contributed by atoms with Crippen molar-refractivity contribution in [1.82, 2.24) is 0 Å². The standard InChI is InChI=1S/C14H12ClNS/c1-10-2-4-11(5-3-10)14(17)16-13-8-6-12(15)7-9-13/h2-9H,1H3,(H,16,17). The second-order valence-electron chi connectivity index (χ2n) is 3.83. The summed E-state index contributed by atoms with van der Waals surface area (Å²) in [6.45, 7) is 2.06. The van der Waals surface area contributed by atoms with Crippen molar-refractivity contribution in [2.75, 3.05) is 5.32 Å². The molecule has 0 bridgehead atoms. The summed E-state index contributed by atoms with van der Waals surface area (Å²) in [5, 5.41) is 3.90. The molecule has 0 fully saturated rings. The van der Waals surface area contributed by atoms with E-state index < -0.39 is 0 Å². The topological polar surface area (TPSA) is 12.0 Å². The molecule has 0 amide bonds. The second-order valence-corrected chi connectivity index (χ2v) is 4.67. The number of nitrogens with one attached hydrogen (secondary N) is 1. The Balaban J connectivity index is 2.11. The van der Waals surface area contributed by atoms with Gasteiger partial charge in [-0.15, -0.1) is 0 Å². The van der Waals surface area contributed by atoms with E-state index in [4.69, 9.17) is 23.8 Å². The van der Waals surface area contributed by atoms with Gasteiger partial charge in [0.05, 0.1) is 0 Å². The van der Waals surface area contributed by atoms with Gasteiger partial charge in [0.15, 0.2) is 0 Å². The lowest BCUT2D eigenvalue weighted by molar-refractivity contribution is 1.46. The predicted molar refractivity (Wildman–Crippen MR) is 78.0 cm³/mol. The Hall–Kier alpha value is -1.38. The summed E-state index contributed by atoms with van der Waals surface area (Å²) < 4.78 is 0. The fraction of sp³-hybridized carbons (Fsp3) is 0.0714. The van der Waals surface area contributed by atoms with Crippen molar-refractivity contribution in [3.05, 3.63) is 64.7 Å². The highest BCUT2D eigenvalue weighted by atomic mass is 35.5. The third-order valence-corrected chi connectivity index (χ3v) is 3.01. The molecule has 0 spiro atoms. The van der Waals surface area contributed by atoms with Crippen molar-refractivity contribution < 1.29 is 0 Å². The van der Waals surface area contributed by atoms with E-state index in [0.29, 0.717) is 4.99 Å². The van der Waals surface area contributed by atoms with Crippen LogP contribution in [0.1, 0.15) is 11.1 Å². The van der Waals surface area contributed by atoms with Crippen molar-refractivity contribution in [3.8, 4) is 0 Å². The number of hydrogen-bond donors (Lipinski definition) is 1. The molecule has 2 aromatic carbocycles. The lowest BCUT2D eigenvalue weighted by Gasteiger charge is -2.08. The van der Waals surface area contributed by atoms with Crippen molar-refractivity contribution in [2.24, 2.45) is 0 Å². The lowest BCUT2D eigenvalue weighted by atomic mass is 10.1. The highest BCUT2D eigenvalue weighted by Gasteiger charge is 2.01. The van der Waals surface area contributed by atoms with E-state index in [0.717, 1.165) is 16.3 Å². The largest absolute Gasteiger partial charge is 0.346 e. The van der Waals surface area contributed by atoms with Crippen LogP contribution >= 0.6 is 23.8 Å². The molecule has 0 saturated carbocycles. The van der Waals surface area contributed by atoms with Gasteiger partial charge in [0, 0.05) is 16.3 Å². The van der Waals surface area contributed by atoms with E-state index in [-0.39, 0.29) is 0 Å². The van der Waals surface area contributed by atoms with E-state index in [1.54, 1.807) is 0 Å². The van der Waals surface area contributed by atoms with Gasteiger partial charge in [-0.3, -0.25) is 0 Å². The molecule has 0 unspecified atom stereocenters. The lowest BCUT2D eigenvalue weighted by Crippen LogP contribution is -2.10. The fourth-order valence-corrected chi connectivity index (χ4v) is 1.82. The van der Waals surface area contributed by atoms with Crippen LogP contribution in [0.15, 0.2) is 48.5 Å². The smallest absolute Gasteiger partial charge is 0.110 e. The highest BCUT2D eigenvalue weighted by molar-refractivity contribution is 7.81. The van der Waals surface area contributed by atoms with Crippen molar-refractivity contribution in [2.45, 2.75) is 6.92 Å².